The van der Waals surface area contributed by atoms with Gasteiger partial charge in [0.25, 0.3) is 0 Å². The topological polar surface area (TPSA) is 124 Å². The number of nitrogens with one attached hydrogen (secondary N) is 1. The average Bonchev–Trinajstić information content (AvgIpc) is 3.77. The highest BCUT2D eigenvalue weighted by Gasteiger charge is 2.41. The molecule has 0 saturated carbocycles. The Labute approximate surface area is 365 Å². The molecular formula is C47H68F2N3O8Si. The molecule has 61 heavy (non-hydrogen) atoms. The van der Waals surface area contributed by atoms with Gasteiger partial charge in [-0.1, -0.05) is 12.1 Å². The summed E-state index contributed by atoms with van der Waals surface area (Å²) in [6.07, 6.45) is 0.922. The number of amides is 2. The number of rotatable bonds is 13. The normalized spacial score (nSPS) is 19.0. The van der Waals surface area contributed by atoms with E-state index in [0.29, 0.717) is 67.7 Å². The van der Waals surface area contributed by atoms with Gasteiger partial charge in [0.05, 0.1) is 5.92 Å². The monoisotopic (exact) mass is 868 g/mol. The van der Waals surface area contributed by atoms with Crippen LogP contribution < -0.4 is 5.32 Å². The first-order chi connectivity index (χ1) is 28.0. The van der Waals surface area contributed by atoms with Crippen molar-refractivity contribution in [1.82, 2.24) is 15.1 Å². The third-order valence-corrected chi connectivity index (χ3v) is 11.0. The molecule has 14 heteroatoms. The van der Waals surface area contributed by atoms with E-state index in [1.54, 1.807) is 72.1 Å². The summed E-state index contributed by atoms with van der Waals surface area (Å²) < 4.78 is 53.2. The molecule has 4 rings (SSSR count). The van der Waals surface area contributed by atoms with Crippen molar-refractivity contribution in [2.45, 2.75) is 150 Å². The van der Waals surface area contributed by atoms with Crippen molar-refractivity contribution in [1.29, 1.82) is 0 Å². The molecule has 1 unspecified atom stereocenters. The van der Waals surface area contributed by atoms with E-state index in [4.69, 9.17) is 18.9 Å². The predicted molar refractivity (Wildman–Crippen MR) is 231 cm³/mol. The summed E-state index contributed by atoms with van der Waals surface area (Å²) >= 11 is 0. The number of carbonyl (C=O) groups is 4. The summed E-state index contributed by atoms with van der Waals surface area (Å²) in [5, 5.41) is 3.31. The molecule has 0 aliphatic carbocycles. The van der Waals surface area contributed by atoms with Gasteiger partial charge in [-0.15, -0.1) is 0 Å². The molecule has 1 N–H and O–H groups in total. The molecule has 2 amide bonds. The number of hydrogen-bond donors (Lipinski definition) is 1. The smallest absolute Gasteiger partial charge is 0.410 e. The SMILES string of the molecule is CC(C)(C)OC(=O)C([Si])[C@@H](Cc1cc(F)cc(CNCc2cc(F)cc(C[C@H](C(=O)OC(C)(C)C)[C@H]3CCN(C(=O)OC(C)(C)C)C3)c2)c1)[C@H]1CCN(C(=O)OC(C)(C)C)C1. The van der Waals surface area contributed by atoms with Crippen LogP contribution in [-0.4, -0.2) is 92.8 Å². The minimum absolute atomic E-state index is 0.0953. The van der Waals surface area contributed by atoms with Crippen molar-refractivity contribution < 1.29 is 46.9 Å². The molecule has 2 saturated heterocycles. The van der Waals surface area contributed by atoms with Gasteiger partial charge >= 0.3 is 24.1 Å². The lowest BCUT2D eigenvalue weighted by molar-refractivity contribution is -0.162. The van der Waals surface area contributed by atoms with Crippen LogP contribution in [0.2, 0.25) is 5.54 Å². The molecule has 2 aliphatic heterocycles. The van der Waals surface area contributed by atoms with Crippen molar-refractivity contribution in [2.75, 3.05) is 26.2 Å². The number of likely N-dealkylation sites (tertiary alicyclic amines) is 2. The van der Waals surface area contributed by atoms with Crippen LogP contribution in [0.1, 0.15) is 118 Å². The molecule has 2 heterocycles. The van der Waals surface area contributed by atoms with Gasteiger partial charge in [0.1, 0.15) is 34.0 Å². The quantitative estimate of drug-likeness (QED) is 0.120. The highest BCUT2D eigenvalue weighted by Crippen LogP contribution is 2.37. The number of benzene rings is 2. The molecule has 0 bridgehead atoms. The molecule has 0 aromatic heterocycles. The van der Waals surface area contributed by atoms with E-state index in [9.17, 15) is 19.2 Å². The Morgan fingerprint density at radius 3 is 1.46 bits per heavy atom. The zero-order chi connectivity index (χ0) is 45.7. The lowest BCUT2D eigenvalue weighted by Gasteiger charge is -2.31. The van der Waals surface area contributed by atoms with Gasteiger partial charge in [-0.3, -0.25) is 9.59 Å². The van der Waals surface area contributed by atoms with E-state index < -0.39 is 69.6 Å². The molecule has 337 valence electrons. The van der Waals surface area contributed by atoms with Crippen molar-refractivity contribution in [3.05, 3.63) is 70.3 Å². The summed E-state index contributed by atoms with van der Waals surface area (Å²) in [7, 11) is 3.70. The van der Waals surface area contributed by atoms with Crippen LogP contribution in [0.15, 0.2) is 36.4 Å². The molecule has 2 aromatic carbocycles. The lowest BCUT2D eigenvalue weighted by atomic mass is 9.83. The molecule has 3 radical (unpaired) electrons. The largest absolute Gasteiger partial charge is 0.460 e. The molecular weight excluding hydrogens is 801 g/mol. The maximum atomic E-state index is 15.3. The molecule has 2 aliphatic rings. The molecule has 2 aromatic rings. The number of nitrogens with zero attached hydrogens (tertiary/aromatic N) is 2. The van der Waals surface area contributed by atoms with Crippen LogP contribution in [0, 0.1) is 35.3 Å². The Morgan fingerprint density at radius 2 is 1.00 bits per heavy atom. The third-order valence-electron chi connectivity index (χ3n) is 10.3. The summed E-state index contributed by atoms with van der Waals surface area (Å²) in [6, 6.07) is 9.49. The molecule has 0 spiro atoms. The van der Waals surface area contributed by atoms with Crippen LogP contribution in [0.4, 0.5) is 18.4 Å². The second-order valence-corrected chi connectivity index (χ2v) is 21.3. The van der Waals surface area contributed by atoms with Crippen LogP contribution in [0.3, 0.4) is 0 Å². The Kier molecular flexibility index (Phi) is 16.3. The van der Waals surface area contributed by atoms with Crippen LogP contribution >= 0.6 is 0 Å². The Bertz CT molecular complexity index is 1870. The standard InChI is InChI=1S/C47H68F2N3O8Si/c1-44(2,3)57-40(53)38(34-14-16-52(28-34)43(56)60-47(10,11)12)24-30-18-32(22-36(49)20-30)26-50-25-31-17-29(19-35(48)21-31)23-37(39(61)41(54)58-45(4,5)6)33-13-15-51(27-33)42(55)59-46(7,8)9/h17-22,33-34,37-39,50H,13-16,23-28H2,1-12H3/t33-,34-,37-,38-,39?/m0/s1. The maximum absolute atomic E-state index is 15.3. The van der Waals surface area contributed by atoms with Crippen molar-refractivity contribution in [3.8, 4) is 0 Å². The first kappa shape index (κ1) is 49.6. The van der Waals surface area contributed by atoms with Crippen LogP contribution in [0.5, 0.6) is 0 Å². The van der Waals surface area contributed by atoms with Gasteiger partial charge < -0.3 is 34.1 Å². The van der Waals surface area contributed by atoms with E-state index in [-0.39, 0.29) is 37.3 Å². The summed E-state index contributed by atoms with van der Waals surface area (Å²) in [6.45, 7) is 23.8. The first-order valence-electron chi connectivity index (χ1n) is 21.4. The lowest BCUT2D eigenvalue weighted by Crippen LogP contribution is -2.38. The van der Waals surface area contributed by atoms with Gasteiger partial charge in [-0.2, -0.15) is 0 Å². The van der Waals surface area contributed by atoms with Crippen LogP contribution in [0.25, 0.3) is 0 Å². The average molecular weight is 869 g/mol. The first-order valence-corrected chi connectivity index (χ1v) is 22.0. The van der Waals surface area contributed by atoms with Gasteiger partial charge in [-0.05, 0) is 173 Å². The fourth-order valence-corrected chi connectivity index (χ4v) is 8.35. The highest BCUT2D eigenvalue weighted by molar-refractivity contribution is 6.23. The fourth-order valence-electron chi connectivity index (χ4n) is 7.91. The van der Waals surface area contributed by atoms with E-state index in [1.165, 1.54) is 24.3 Å². The summed E-state index contributed by atoms with van der Waals surface area (Å²) in [4.78, 5) is 56.0. The summed E-state index contributed by atoms with van der Waals surface area (Å²) in [5.41, 5.74) is -0.871. The number of esters is 2. The molecule has 2 fully saturated rings. The Hall–Kier alpha value is -4.04. The second kappa shape index (κ2) is 20.0. The van der Waals surface area contributed by atoms with E-state index in [0.717, 1.165) is 0 Å². The van der Waals surface area contributed by atoms with E-state index in [1.807, 2.05) is 32.9 Å². The van der Waals surface area contributed by atoms with Crippen LogP contribution in [-0.2, 0) is 54.5 Å². The zero-order valence-corrected chi connectivity index (χ0v) is 39.3. The number of halogens is 2. The van der Waals surface area contributed by atoms with Crippen molar-refractivity contribution >= 4 is 34.4 Å². The third kappa shape index (κ3) is 16.3. The van der Waals surface area contributed by atoms with Crippen molar-refractivity contribution in [2.24, 2.45) is 23.7 Å². The van der Waals surface area contributed by atoms with Gasteiger partial charge in [0, 0.05) is 55.1 Å². The van der Waals surface area contributed by atoms with E-state index in [2.05, 4.69) is 15.6 Å². The predicted octanol–water partition coefficient (Wildman–Crippen LogP) is 8.73. The van der Waals surface area contributed by atoms with Crippen molar-refractivity contribution in [3.63, 3.8) is 0 Å². The minimum Gasteiger partial charge on any atom is -0.460 e. The maximum Gasteiger partial charge on any atom is 0.410 e. The number of carbonyl (C=O) groups excluding carboxylic acids is 4. The molecule has 11 nitrogen and oxygen atoms in total. The fraction of sp³-hybridized carbons (Fsp3) is 0.660. The Morgan fingerprint density at radius 1 is 0.607 bits per heavy atom. The van der Waals surface area contributed by atoms with Gasteiger partial charge in [0.2, 0.25) is 0 Å². The van der Waals surface area contributed by atoms with Gasteiger partial charge in [-0.25, -0.2) is 18.4 Å². The molecule has 5 atom stereocenters. The summed E-state index contributed by atoms with van der Waals surface area (Å²) in [5.74, 6) is -2.98. The second-order valence-electron chi connectivity index (χ2n) is 20.7. The van der Waals surface area contributed by atoms with Gasteiger partial charge in [0.15, 0.2) is 0 Å². The minimum atomic E-state index is -0.735. The highest BCUT2D eigenvalue weighted by atomic mass is 28.1. The zero-order valence-electron chi connectivity index (χ0n) is 38.3. The Balaban J connectivity index is 1.48. The number of hydrogen-bond acceptors (Lipinski definition) is 9. The number of ether oxygens (including phenoxy) is 4. The van der Waals surface area contributed by atoms with E-state index >= 15 is 8.78 Å².